The molecule has 1 radical (unpaired) electrons. The molecule has 51 valence electrons. The van der Waals surface area contributed by atoms with Gasteiger partial charge in [0.25, 0.3) is 0 Å². The van der Waals surface area contributed by atoms with Crippen molar-refractivity contribution < 1.29 is 4.79 Å². The van der Waals surface area contributed by atoms with Gasteiger partial charge in [-0.05, 0) is 19.3 Å². The van der Waals surface area contributed by atoms with E-state index in [1.54, 1.807) is 6.41 Å². The summed E-state index contributed by atoms with van der Waals surface area (Å²) in [7, 11) is 0. The van der Waals surface area contributed by atoms with Crippen LogP contribution < -0.4 is 11.1 Å². The summed E-state index contributed by atoms with van der Waals surface area (Å²) in [6.45, 7) is 0. The second-order valence-corrected chi connectivity index (χ2v) is 2.52. The number of carbonyl (C=O) groups excluding carboxylic acids is 1. The van der Waals surface area contributed by atoms with Gasteiger partial charge in [0, 0.05) is 12.1 Å². The molecular weight excluding hydrogens is 116 g/mol. The van der Waals surface area contributed by atoms with Crippen molar-refractivity contribution in [3.8, 4) is 0 Å². The predicted molar refractivity (Wildman–Crippen MR) is 34.4 cm³/mol. The highest BCUT2D eigenvalue weighted by molar-refractivity contribution is 5.47. The third-order valence-electron chi connectivity index (χ3n) is 1.74. The van der Waals surface area contributed by atoms with Crippen LogP contribution in [-0.4, -0.2) is 18.5 Å². The van der Waals surface area contributed by atoms with Crippen molar-refractivity contribution in [2.75, 3.05) is 0 Å². The Kier molecular flexibility index (Phi) is 2.05. The van der Waals surface area contributed by atoms with Crippen LogP contribution in [0, 0.1) is 0 Å². The van der Waals surface area contributed by atoms with E-state index >= 15 is 0 Å². The van der Waals surface area contributed by atoms with Gasteiger partial charge in [-0.1, -0.05) is 0 Å². The fourth-order valence-electron chi connectivity index (χ4n) is 1.23. The quantitative estimate of drug-likeness (QED) is 0.492. The zero-order valence-corrected chi connectivity index (χ0v) is 5.26. The molecule has 0 aromatic rings. The Morgan fingerprint density at radius 3 is 2.78 bits per heavy atom. The lowest BCUT2D eigenvalue weighted by Crippen LogP contribution is -2.26. The maximum absolute atomic E-state index is 9.79. The van der Waals surface area contributed by atoms with E-state index in [-0.39, 0.29) is 12.1 Å². The molecule has 2 atom stereocenters. The van der Waals surface area contributed by atoms with Crippen molar-refractivity contribution >= 4 is 6.41 Å². The lowest BCUT2D eigenvalue weighted by atomic mass is 10.2. The number of amides is 1. The van der Waals surface area contributed by atoms with Gasteiger partial charge in [0.2, 0.25) is 0 Å². The molecule has 0 aliphatic heterocycles. The van der Waals surface area contributed by atoms with E-state index in [1.165, 1.54) is 0 Å². The fourth-order valence-corrected chi connectivity index (χ4v) is 1.23. The topological polar surface area (TPSA) is 55.1 Å². The monoisotopic (exact) mass is 127 g/mol. The van der Waals surface area contributed by atoms with Crippen molar-refractivity contribution in [3.05, 3.63) is 0 Å². The van der Waals surface area contributed by atoms with E-state index in [4.69, 9.17) is 5.73 Å². The van der Waals surface area contributed by atoms with Gasteiger partial charge in [-0.2, -0.15) is 0 Å². The Balaban J connectivity index is 2.21. The first-order valence-electron chi connectivity index (χ1n) is 3.21. The van der Waals surface area contributed by atoms with Crippen LogP contribution in [0.1, 0.15) is 19.3 Å². The maximum atomic E-state index is 9.79. The average Bonchev–Trinajstić information content (AvgIpc) is 2.17. The van der Waals surface area contributed by atoms with Crippen LogP contribution >= 0.6 is 0 Å². The van der Waals surface area contributed by atoms with Crippen LogP contribution in [-0.2, 0) is 4.79 Å². The van der Waals surface area contributed by atoms with Crippen molar-refractivity contribution in [1.82, 2.24) is 5.32 Å². The highest BCUT2D eigenvalue weighted by atomic mass is 16.1. The average molecular weight is 127 g/mol. The molecule has 0 aromatic heterocycles. The first kappa shape index (κ1) is 6.55. The van der Waals surface area contributed by atoms with E-state index in [0.29, 0.717) is 0 Å². The summed E-state index contributed by atoms with van der Waals surface area (Å²) in [6, 6.07) is 0.577. The molecule has 1 saturated carbocycles. The largest absolute Gasteiger partial charge is 0.345 e. The molecule has 2 unspecified atom stereocenters. The molecule has 1 aliphatic carbocycles. The molecule has 0 bridgehead atoms. The Morgan fingerprint density at radius 2 is 2.33 bits per heavy atom. The molecule has 3 nitrogen and oxygen atoms in total. The molecule has 0 spiro atoms. The van der Waals surface area contributed by atoms with Crippen LogP contribution in [0.25, 0.3) is 0 Å². The number of nitrogens with one attached hydrogen (secondary N) is 1. The minimum absolute atomic E-state index is 0.288. The smallest absolute Gasteiger partial charge is 0.309 e. The van der Waals surface area contributed by atoms with Crippen molar-refractivity contribution in [3.63, 3.8) is 0 Å². The second-order valence-electron chi connectivity index (χ2n) is 2.52. The van der Waals surface area contributed by atoms with Crippen molar-refractivity contribution in [1.29, 1.82) is 0 Å². The van der Waals surface area contributed by atoms with Crippen LogP contribution in [0.5, 0.6) is 0 Å². The standard InChI is InChI=1S/C6H11N2O/c7-5-1-2-6(3-5)8-4-9/h5-6H,1-3,7H2,(H,8,9). The van der Waals surface area contributed by atoms with Gasteiger partial charge in [0.1, 0.15) is 0 Å². The van der Waals surface area contributed by atoms with Crippen LogP contribution in [0.3, 0.4) is 0 Å². The molecule has 3 heteroatoms. The molecule has 0 saturated heterocycles. The van der Waals surface area contributed by atoms with Gasteiger partial charge in [-0.15, -0.1) is 0 Å². The Labute approximate surface area is 54.6 Å². The molecule has 0 heterocycles. The Bertz CT molecular complexity index is 105. The molecule has 9 heavy (non-hydrogen) atoms. The minimum atomic E-state index is 0.288. The summed E-state index contributed by atoms with van der Waals surface area (Å²) in [5.41, 5.74) is 5.59. The van der Waals surface area contributed by atoms with Crippen molar-refractivity contribution in [2.24, 2.45) is 5.73 Å². The van der Waals surface area contributed by atoms with Gasteiger partial charge >= 0.3 is 6.41 Å². The van der Waals surface area contributed by atoms with E-state index in [0.717, 1.165) is 19.3 Å². The zero-order chi connectivity index (χ0) is 6.69. The lowest BCUT2D eigenvalue weighted by Gasteiger charge is -2.04. The van der Waals surface area contributed by atoms with Crippen LogP contribution in [0.2, 0.25) is 0 Å². The summed E-state index contributed by atoms with van der Waals surface area (Å²) in [5.74, 6) is 0. The molecule has 1 amide bonds. The first-order valence-corrected chi connectivity index (χ1v) is 3.21. The predicted octanol–water partition coefficient (Wildman–Crippen LogP) is -0.477. The summed E-state index contributed by atoms with van der Waals surface area (Å²) in [5, 5.41) is 2.59. The highest BCUT2D eigenvalue weighted by Crippen LogP contribution is 2.15. The molecule has 1 rings (SSSR count). The normalized spacial score (nSPS) is 34.3. The molecule has 0 aromatic carbocycles. The van der Waals surface area contributed by atoms with Gasteiger partial charge in [-0.25, -0.2) is 0 Å². The van der Waals surface area contributed by atoms with Crippen LogP contribution in [0.4, 0.5) is 0 Å². The number of hydrogen-bond acceptors (Lipinski definition) is 2. The Morgan fingerprint density at radius 1 is 1.56 bits per heavy atom. The summed E-state index contributed by atoms with van der Waals surface area (Å²) >= 11 is 0. The highest BCUT2D eigenvalue weighted by Gasteiger charge is 2.20. The molecule has 1 fully saturated rings. The van der Waals surface area contributed by atoms with E-state index in [1.807, 2.05) is 0 Å². The van der Waals surface area contributed by atoms with Gasteiger partial charge in [0.15, 0.2) is 0 Å². The number of nitrogens with two attached hydrogens (primary N) is 1. The summed E-state index contributed by atoms with van der Waals surface area (Å²) in [4.78, 5) is 9.79. The second kappa shape index (κ2) is 2.82. The fraction of sp³-hybridized carbons (Fsp3) is 0.833. The van der Waals surface area contributed by atoms with E-state index in [2.05, 4.69) is 5.32 Å². The first-order chi connectivity index (χ1) is 4.33. The van der Waals surface area contributed by atoms with E-state index < -0.39 is 0 Å². The number of rotatable bonds is 2. The number of hydrogen-bond donors (Lipinski definition) is 2. The van der Waals surface area contributed by atoms with Crippen LogP contribution in [0.15, 0.2) is 0 Å². The molecule has 1 aliphatic rings. The van der Waals surface area contributed by atoms with E-state index in [9.17, 15) is 4.79 Å². The zero-order valence-electron chi connectivity index (χ0n) is 5.26. The Hall–Kier alpha value is -0.570. The van der Waals surface area contributed by atoms with Gasteiger partial charge in [0.05, 0.1) is 0 Å². The SMILES string of the molecule is NC1CCC(N[C]=O)C1. The van der Waals surface area contributed by atoms with Gasteiger partial charge in [-0.3, -0.25) is 4.79 Å². The lowest BCUT2D eigenvalue weighted by molar-refractivity contribution is 0.516. The summed E-state index contributed by atoms with van der Waals surface area (Å²) < 4.78 is 0. The van der Waals surface area contributed by atoms with Gasteiger partial charge < -0.3 is 11.1 Å². The van der Waals surface area contributed by atoms with Crippen molar-refractivity contribution in [2.45, 2.75) is 31.3 Å². The molecule has 3 N–H and O–H groups in total. The third-order valence-corrected chi connectivity index (χ3v) is 1.74. The molecular formula is C6H11N2O. The third kappa shape index (κ3) is 1.68. The maximum Gasteiger partial charge on any atom is 0.309 e. The summed E-state index contributed by atoms with van der Waals surface area (Å²) in [6.07, 6.45) is 4.62. The minimum Gasteiger partial charge on any atom is -0.345 e.